The van der Waals surface area contributed by atoms with Gasteiger partial charge in [0.15, 0.2) is 5.13 Å². The maximum atomic E-state index is 13.8. The van der Waals surface area contributed by atoms with Crippen molar-refractivity contribution in [1.29, 1.82) is 0 Å². The van der Waals surface area contributed by atoms with Gasteiger partial charge >= 0.3 is 5.97 Å². The summed E-state index contributed by atoms with van der Waals surface area (Å²) < 4.78 is 1.70. The summed E-state index contributed by atoms with van der Waals surface area (Å²) in [7, 11) is 1.84. The molecule has 0 bridgehead atoms. The Balaban J connectivity index is 1.32. The van der Waals surface area contributed by atoms with Gasteiger partial charge in [-0.15, -0.1) is 16.4 Å². The van der Waals surface area contributed by atoms with Crippen molar-refractivity contribution in [3.63, 3.8) is 0 Å². The van der Waals surface area contributed by atoms with Crippen molar-refractivity contribution in [2.45, 2.75) is 57.4 Å². The highest BCUT2D eigenvalue weighted by molar-refractivity contribution is 7.14. The van der Waals surface area contributed by atoms with Crippen molar-refractivity contribution >= 4 is 39.5 Å². The summed E-state index contributed by atoms with van der Waals surface area (Å²) in [5.41, 5.74) is 5.08. The Hall–Kier alpha value is -3.66. The van der Waals surface area contributed by atoms with Gasteiger partial charge in [-0.25, -0.2) is 14.6 Å². The molecule has 2 aliphatic rings. The average molecular weight is 531 g/mol. The number of carboxylic acid groups (broad SMARTS) is 1. The molecule has 2 aliphatic carbocycles. The number of amides is 1. The number of hydrogen-bond donors (Lipinski definition) is 1. The number of benzene rings is 1. The lowest BCUT2D eigenvalue weighted by Gasteiger charge is -2.26. The Bertz CT molecular complexity index is 1490. The van der Waals surface area contributed by atoms with Crippen LogP contribution in [0.25, 0.3) is 33.5 Å². The van der Waals surface area contributed by atoms with Crippen LogP contribution in [-0.4, -0.2) is 48.0 Å². The van der Waals surface area contributed by atoms with E-state index in [4.69, 9.17) is 4.98 Å². The van der Waals surface area contributed by atoms with E-state index in [0.29, 0.717) is 23.1 Å². The van der Waals surface area contributed by atoms with Crippen LogP contribution in [0.2, 0.25) is 0 Å². The van der Waals surface area contributed by atoms with E-state index < -0.39 is 11.9 Å². The number of pyridine rings is 1. The van der Waals surface area contributed by atoms with Crippen LogP contribution in [0, 0.1) is 11.8 Å². The summed E-state index contributed by atoms with van der Waals surface area (Å²) in [5.74, 6) is -1.08. The van der Waals surface area contributed by atoms with Gasteiger partial charge in [-0.05, 0) is 36.8 Å². The van der Waals surface area contributed by atoms with Crippen LogP contribution in [0.15, 0.2) is 41.9 Å². The lowest BCUT2D eigenvalue weighted by atomic mass is 9.90. The van der Waals surface area contributed by atoms with Gasteiger partial charge in [0.2, 0.25) is 11.6 Å². The predicted octanol–water partition coefficient (Wildman–Crippen LogP) is 5.32. The zero-order valence-corrected chi connectivity index (χ0v) is 22.1. The minimum absolute atomic E-state index is 0.0886. The molecule has 6 rings (SSSR count). The van der Waals surface area contributed by atoms with Crippen LogP contribution in [0.4, 0.5) is 5.13 Å². The number of carbonyl (C=O) groups is 2. The summed E-state index contributed by atoms with van der Waals surface area (Å²) in [6, 6.07) is 10.1. The van der Waals surface area contributed by atoms with Gasteiger partial charge in [-0.2, -0.15) is 0 Å². The molecule has 3 heterocycles. The summed E-state index contributed by atoms with van der Waals surface area (Å²) >= 11 is 1.45. The number of carboxylic acids is 1. The minimum atomic E-state index is -0.917. The van der Waals surface area contributed by atoms with Crippen LogP contribution < -0.4 is 4.90 Å². The third-order valence-corrected chi connectivity index (χ3v) is 8.53. The number of carbonyl (C=O) groups excluding carboxylic acids is 1. The van der Waals surface area contributed by atoms with Crippen molar-refractivity contribution in [1.82, 2.24) is 25.0 Å². The number of aryl methyl sites for hydroxylation is 1. The highest BCUT2D eigenvalue weighted by atomic mass is 32.1. The number of anilines is 1. The molecule has 2 saturated carbocycles. The van der Waals surface area contributed by atoms with Gasteiger partial charge in [-0.1, -0.05) is 55.2 Å². The number of fused-ring (bicyclic) bond motifs is 1. The maximum Gasteiger partial charge on any atom is 0.304 e. The molecule has 3 aromatic heterocycles. The molecule has 0 saturated heterocycles. The number of thiazole rings is 1. The SMILES string of the molecule is Cn1nnc2ncc(-c3ccccc3-c3csc(N(C(=O)C(CC(=O)O)CC4CCCC4)C4CC4)n3)cc21. The molecule has 1 atom stereocenters. The number of hydrogen-bond acceptors (Lipinski definition) is 7. The standard InChI is InChI=1S/C28H30N6O3S/c1-33-24-13-19(15-29-26(24)31-32-33)21-8-4-5-9-22(21)23-16-38-28(30-23)34(20-10-11-20)27(37)18(14-25(35)36)12-17-6-2-3-7-17/h4-5,8-9,13,15-18,20H,2-3,6-7,10-12,14H2,1H3,(H,35,36). The third-order valence-electron chi connectivity index (χ3n) is 7.69. The van der Waals surface area contributed by atoms with Gasteiger partial charge in [0.1, 0.15) is 5.52 Å². The number of nitrogens with zero attached hydrogens (tertiary/aromatic N) is 6. The zero-order valence-electron chi connectivity index (χ0n) is 21.3. The van der Waals surface area contributed by atoms with E-state index >= 15 is 0 Å². The Morgan fingerprint density at radius 2 is 1.92 bits per heavy atom. The molecule has 1 unspecified atom stereocenters. The second-order valence-electron chi connectivity index (χ2n) is 10.5. The normalized spacial score (nSPS) is 16.7. The van der Waals surface area contributed by atoms with E-state index in [-0.39, 0.29) is 18.4 Å². The van der Waals surface area contributed by atoms with E-state index in [9.17, 15) is 14.7 Å². The first-order chi connectivity index (χ1) is 18.5. The molecule has 1 aromatic carbocycles. The Morgan fingerprint density at radius 1 is 1.16 bits per heavy atom. The number of rotatable bonds is 9. The van der Waals surface area contributed by atoms with Gasteiger partial charge in [0, 0.05) is 41.7 Å². The van der Waals surface area contributed by atoms with E-state index in [0.717, 1.165) is 53.6 Å². The Morgan fingerprint density at radius 3 is 2.66 bits per heavy atom. The first-order valence-electron chi connectivity index (χ1n) is 13.2. The summed E-state index contributed by atoms with van der Waals surface area (Å²) in [4.78, 5) is 36.7. The summed E-state index contributed by atoms with van der Waals surface area (Å²) in [6.07, 6.45) is 8.66. The van der Waals surface area contributed by atoms with Crippen LogP contribution in [0.5, 0.6) is 0 Å². The molecule has 38 heavy (non-hydrogen) atoms. The first kappa shape index (κ1) is 24.7. The van der Waals surface area contributed by atoms with Crippen LogP contribution in [-0.2, 0) is 16.6 Å². The molecule has 0 aliphatic heterocycles. The second-order valence-corrected chi connectivity index (χ2v) is 11.3. The monoisotopic (exact) mass is 530 g/mol. The predicted molar refractivity (Wildman–Crippen MR) is 146 cm³/mol. The lowest BCUT2D eigenvalue weighted by Crippen LogP contribution is -2.39. The van der Waals surface area contributed by atoms with E-state index in [1.165, 1.54) is 24.2 Å². The fraction of sp³-hybridized carbons (Fsp3) is 0.429. The zero-order chi connectivity index (χ0) is 26.2. The van der Waals surface area contributed by atoms with E-state index in [1.54, 1.807) is 15.8 Å². The van der Waals surface area contributed by atoms with Crippen LogP contribution >= 0.6 is 11.3 Å². The van der Waals surface area contributed by atoms with Crippen molar-refractivity contribution in [2.24, 2.45) is 18.9 Å². The minimum Gasteiger partial charge on any atom is -0.481 e. The van der Waals surface area contributed by atoms with Crippen LogP contribution in [0.1, 0.15) is 51.4 Å². The molecule has 0 radical (unpaired) electrons. The maximum absolute atomic E-state index is 13.8. The first-order valence-corrected chi connectivity index (χ1v) is 14.1. The van der Waals surface area contributed by atoms with Gasteiger partial charge in [0.05, 0.1) is 12.1 Å². The number of aliphatic carboxylic acids is 1. The molecule has 1 N–H and O–H groups in total. The van der Waals surface area contributed by atoms with Crippen molar-refractivity contribution in [2.75, 3.05) is 4.90 Å². The number of aromatic nitrogens is 5. The fourth-order valence-corrected chi connectivity index (χ4v) is 6.51. The fourth-order valence-electron chi connectivity index (χ4n) is 5.61. The van der Waals surface area contributed by atoms with Crippen LogP contribution in [0.3, 0.4) is 0 Å². The summed E-state index contributed by atoms with van der Waals surface area (Å²) in [6.45, 7) is 0. The van der Waals surface area contributed by atoms with E-state index in [2.05, 4.69) is 15.3 Å². The van der Waals surface area contributed by atoms with E-state index in [1.807, 2.05) is 42.8 Å². The molecule has 1 amide bonds. The Labute approximate surface area is 224 Å². The van der Waals surface area contributed by atoms with Gasteiger partial charge in [-0.3, -0.25) is 14.5 Å². The molecular weight excluding hydrogens is 500 g/mol. The molecule has 10 heteroatoms. The van der Waals surface area contributed by atoms with Crippen molar-refractivity contribution in [3.8, 4) is 22.4 Å². The highest BCUT2D eigenvalue weighted by Gasteiger charge is 2.40. The quantitative estimate of drug-likeness (QED) is 0.311. The third kappa shape index (κ3) is 4.92. The summed E-state index contributed by atoms with van der Waals surface area (Å²) in [5, 5.41) is 20.3. The topological polar surface area (TPSA) is 114 Å². The smallest absolute Gasteiger partial charge is 0.304 e. The molecular formula is C28H30N6O3S. The largest absolute Gasteiger partial charge is 0.481 e. The highest BCUT2D eigenvalue weighted by Crippen LogP contribution is 2.40. The molecule has 196 valence electrons. The van der Waals surface area contributed by atoms with Crippen molar-refractivity contribution < 1.29 is 14.7 Å². The second kappa shape index (κ2) is 10.2. The lowest BCUT2D eigenvalue weighted by molar-refractivity contribution is -0.141. The van der Waals surface area contributed by atoms with Gasteiger partial charge < -0.3 is 5.11 Å². The molecule has 2 fully saturated rings. The average Bonchev–Trinajstić information content (AvgIpc) is 3.27. The molecule has 0 spiro atoms. The molecule has 4 aromatic rings. The molecule has 9 nitrogen and oxygen atoms in total. The van der Waals surface area contributed by atoms with Crippen molar-refractivity contribution in [3.05, 3.63) is 41.9 Å². The Kier molecular flexibility index (Phi) is 6.65. The van der Waals surface area contributed by atoms with Gasteiger partial charge in [0.25, 0.3) is 0 Å².